The van der Waals surface area contributed by atoms with Crippen LogP contribution in [0.3, 0.4) is 0 Å². The zero-order chi connectivity index (χ0) is 14.5. The minimum Gasteiger partial charge on any atom is -0.492 e. The van der Waals surface area contributed by atoms with Crippen LogP contribution in [0, 0.1) is 5.92 Å². The highest BCUT2D eigenvalue weighted by atomic mass is 35.5. The number of hydrogen-bond donors (Lipinski definition) is 1. The highest BCUT2D eigenvalue weighted by Gasteiger charge is 2.14. The number of piperidine rings is 1. The van der Waals surface area contributed by atoms with Crippen LogP contribution in [0.15, 0.2) is 48.5 Å². The molecule has 1 unspecified atom stereocenters. The lowest BCUT2D eigenvalue weighted by Crippen LogP contribution is -2.33. The van der Waals surface area contributed by atoms with Gasteiger partial charge in [-0.25, -0.2) is 0 Å². The first-order chi connectivity index (χ1) is 10.3. The van der Waals surface area contributed by atoms with Crippen LogP contribution in [-0.4, -0.2) is 19.7 Å². The van der Waals surface area contributed by atoms with Crippen molar-refractivity contribution in [2.24, 2.45) is 5.92 Å². The van der Waals surface area contributed by atoms with Crippen LogP contribution in [0.4, 0.5) is 0 Å². The highest BCUT2D eigenvalue weighted by molar-refractivity contribution is 6.32. The molecule has 22 heavy (non-hydrogen) atoms. The maximum absolute atomic E-state index is 6.36. The monoisotopic (exact) mass is 337 g/mol. The standard InChI is InChI=1S/C18H20ClNO.ClH/c19-17-11-16(15-6-2-1-3-7-15)8-9-18(17)21-13-14-5-4-10-20-12-14;/h1-3,6-9,11,14,20H,4-5,10,12-13H2;1H. The van der Waals surface area contributed by atoms with Gasteiger partial charge in [0.15, 0.2) is 0 Å². The molecule has 4 heteroatoms. The quantitative estimate of drug-likeness (QED) is 0.864. The third-order valence-corrected chi connectivity index (χ3v) is 4.21. The Hall–Kier alpha value is -1.22. The second-order valence-corrected chi connectivity index (χ2v) is 5.94. The Bertz CT molecular complexity index is 583. The van der Waals surface area contributed by atoms with Crippen molar-refractivity contribution in [2.75, 3.05) is 19.7 Å². The van der Waals surface area contributed by atoms with E-state index in [0.717, 1.165) is 31.0 Å². The maximum Gasteiger partial charge on any atom is 0.137 e. The van der Waals surface area contributed by atoms with E-state index in [1.54, 1.807) is 0 Å². The average Bonchev–Trinajstić information content (AvgIpc) is 2.55. The van der Waals surface area contributed by atoms with Crippen LogP contribution in [-0.2, 0) is 0 Å². The first kappa shape index (κ1) is 17.1. The van der Waals surface area contributed by atoms with Gasteiger partial charge in [0.05, 0.1) is 11.6 Å². The predicted octanol–water partition coefficient (Wildman–Crippen LogP) is 4.81. The summed E-state index contributed by atoms with van der Waals surface area (Å²) in [7, 11) is 0. The van der Waals surface area contributed by atoms with Crippen LogP contribution in [0.2, 0.25) is 5.02 Å². The number of nitrogens with one attached hydrogen (secondary N) is 1. The molecule has 1 heterocycles. The summed E-state index contributed by atoms with van der Waals surface area (Å²) in [6.45, 7) is 2.90. The summed E-state index contributed by atoms with van der Waals surface area (Å²) in [6, 6.07) is 16.3. The Labute approximate surface area is 143 Å². The Morgan fingerprint density at radius 2 is 1.91 bits per heavy atom. The lowest BCUT2D eigenvalue weighted by Gasteiger charge is -2.23. The minimum atomic E-state index is 0. The van der Waals surface area contributed by atoms with E-state index in [2.05, 4.69) is 23.5 Å². The molecule has 118 valence electrons. The van der Waals surface area contributed by atoms with Crippen LogP contribution in [0.25, 0.3) is 11.1 Å². The Kier molecular flexibility index (Phi) is 6.56. The fourth-order valence-corrected chi connectivity index (χ4v) is 2.94. The van der Waals surface area contributed by atoms with Crippen molar-refractivity contribution >= 4 is 24.0 Å². The van der Waals surface area contributed by atoms with Crippen LogP contribution in [0.1, 0.15) is 12.8 Å². The summed E-state index contributed by atoms with van der Waals surface area (Å²) in [4.78, 5) is 0. The molecular weight excluding hydrogens is 317 g/mol. The Balaban J connectivity index is 0.00000176. The second kappa shape index (κ2) is 8.42. The molecule has 0 aromatic heterocycles. The number of ether oxygens (including phenoxy) is 1. The van der Waals surface area contributed by atoms with Gasteiger partial charge in [-0.2, -0.15) is 0 Å². The zero-order valence-corrected chi connectivity index (χ0v) is 14.0. The van der Waals surface area contributed by atoms with E-state index in [9.17, 15) is 0 Å². The van der Waals surface area contributed by atoms with E-state index in [4.69, 9.17) is 16.3 Å². The van der Waals surface area contributed by atoms with Gasteiger partial charge in [0, 0.05) is 12.5 Å². The molecule has 1 fully saturated rings. The van der Waals surface area contributed by atoms with E-state index in [1.807, 2.05) is 30.3 Å². The SMILES string of the molecule is Cl.Clc1cc(-c2ccccc2)ccc1OCC1CCCNC1. The number of rotatable bonds is 4. The molecule has 2 aromatic carbocycles. The topological polar surface area (TPSA) is 21.3 Å². The van der Waals surface area contributed by atoms with E-state index >= 15 is 0 Å². The van der Waals surface area contributed by atoms with Crippen molar-refractivity contribution in [3.63, 3.8) is 0 Å². The van der Waals surface area contributed by atoms with Gasteiger partial charge in [-0.05, 0) is 42.6 Å². The molecule has 1 atom stereocenters. The average molecular weight is 338 g/mol. The predicted molar refractivity (Wildman–Crippen MR) is 95.2 cm³/mol. The van der Waals surface area contributed by atoms with Crippen molar-refractivity contribution in [3.05, 3.63) is 53.6 Å². The van der Waals surface area contributed by atoms with Gasteiger partial charge in [-0.1, -0.05) is 48.0 Å². The van der Waals surface area contributed by atoms with Gasteiger partial charge in [-0.3, -0.25) is 0 Å². The van der Waals surface area contributed by atoms with Crippen molar-refractivity contribution in [3.8, 4) is 16.9 Å². The molecule has 0 aliphatic carbocycles. The van der Waals surface area contributed by atoms with E-state index in [0.29, 0.717) is 10.9 Å². The highest BCUT2D eigenvalue weighted by Crippen LogP contribution is 2.30. The lowest BCUT2D eigenvalue weighted by atomic mass is 10.0. The molecule has 1 aliphatic heterocycles. The molecule has 2 nitrogen and oxygen atoms in total. The van der Waals surface area contributed by atoms with Gasteiger partial charge in [0.2, 0.25) is 0 Å². The zero-order valence-electron chi connectivity index (χ0n) is 12.4. The Morgan fingerprint density at radius 3 is 2.59 bits per heavy atom. The van der Waals surface area contributed by atoms with Crippen LogP contribution < -0.4 is 10.1 Å². The van der Waals surface area contributed by atoms with Gasteiger partial charge in [0.25, 0.3) is 0 Å². The Morgan fingerprint density at radius 1 is 1.09 bits per heavy atom. The molecule has 3 rings (SSSR count). The van der Waals surface area contributed by atoms with Crippen LogP contribution in [0.5, 0.6) is 5.75 Å². The van der Waals surface area contributed by atoms with Crippen molar-refractivity contribution in [2.45, 2.75) is 12.8 Å². The number of benzene rings is 2. The first-order valence-corrected chi connectivity index (χ1v) is 7.89. The van der Waals surface area contributed by atoms with Crippen LogP contribution >= 0.6 is 24.0 Å². The summed E-state index contributed by atoms with van der Waals surface area (Å²) >= 11 is 6.36. The molecule has 1 saturated heterocycles. The van der Waals surface area contributed by atoms with Crippen molar-refractivity contribution < 1.29 is 4.74 Å². The molecule has 0 amide bonds. The largest absolute Gasteiger partial charge is 0.492 e. The second-order valence-electron chi connectivity index (χ2n) is 5.53. The molecule has 0 spiro atoms. The minimum absolute atomic E-state index is 0. The van der Waals surface area contributed by atoms with E-state index < -0.39 is 0 Å². The summed E-state index contributed by atoms with van der Waals surface area (Å²) in [5.74, 6) is 1.37. The number of halogens is 2. The molecule has 2 aromatic rings. The fraction of sp³-hybridized carbons (Fsp3) is 0.333. The third-order valence-electron chi connectivity index (χ3n) is 3.91. The summed E-state index contributed by atoms with van der Waals surface area (Å²) in [6.07, 6.45) is 2.46. The van der Waals surface area contributed by atoms with Crippen molar-refractivity contribution in [1.29, 1.82) is 0 Å². The maximum atomic E-state index is 6.36. The molecule has 0 radical (unpaired) electrons. The summed E-state index contributed by atoms with van der Waals surface area (Å²) in [5, 5.41) is 4.08. The summed E-state index contributed by atoms with van der Waals surface area (Å²) in [5.41, 5.74) is 2.29. The molecule has 0 saturated carbocycles. The summed E-state index contributed by atoms with van der Waals surface area (Å²) < 4.78 is 5.90. The van der Waals surface area contributed by atoms with Gasteiger partial charge < -0.3 is 10.1 Å². The third kappa shape index (κ3) is 4.39. The molecule has 0 bridgehead atoms. The van der Waals surface area contributed by atoms with Crippen molar-refractivity contribution in [1.82, 2.24) is 5.32 Å². The molecule has 1 aliphatic rings. The van der Waals surface area contributed by atoms with Gasteiger partial charge >= 0.3 is 0 Å². The number of hydrogen-bond acceptors (Lipinski definition) is 2. The fourth-order valence-electron chi connectivity index (χ4n) is 2.70. The molecule has 1 N–H and O–H groups in total. The first-order valence-electron chi connectivity index (χ1n) is 7.51. The van der Waals surface area contributed by atoms with E-state index in [1.165, 1.54) is 18.4 Å². The van der Waals surface area contributed by atoms with Gasteiger partial charge in [0.1, 0.15) is 5.75 Å². The normalized spacial score (nSPS) is 17.6. The van der Waals surface area contributed by atoms with E-state index in [-0.39, 0.29) is 12.4 Å². The molecular formula is C18H21Cl2NO. The van der Waals surface area contributed by atoms with Gasteiger partial charge in [-0.15, -0.1) is 12.4 Å². The smallest absolute Gasteiger partial charge is 0.137 e. The lowest BCUT2D eigenvalue weighted by molar-refractivity contribution is 0.218.